The molecule has 0 radical (unpaired) electrons. The van der Waals surface area contributed by atoms with Gasteiger partial charge in [-0.3, -0.25) is 0 Å². The Hall–Kier alpha value is -2.38. The van der Waals surface area contributed by atoms with Crippen molar-refractivity contribution < 1.29 is 9.53 Å². The minimum Gasteiger partial charge on any atom is -0.378 e. The Balaban J connectivity index is 1.91. The topological polar surface area (TPSA) is 70.6 Å². The van der Waals surface area contributed by atoms with Gasteiger partial charge in [0.2, 0.25) is 0 Å². The number of methoxy groups -OCH3 is 1. The van der Waals surface area contributed by atoms with Gasteiger partial charge in [0.15, 0.2) is 0 Å². The van der Waals surface area contributed by atoms with E-state index in [1.54, 1.807) is 7.11 Å². The van der Waals surface area contributed by atoms with Crippen LogP contribution in [-0.2, 0) is 17.8 Å². The van der Waals surface area contributed by atoms with Crippen LogP contribution in [0, 0.1) is 0 Å². The SMILES string of the molecule is COCc1nc(C(C)C)nc(N2CCN(C(=O)NC(C)(C)C)CC2)c1Cc1cccc(Cl)c1. The molecule has 180 valence electrons. The maximum atomic E-state index is 12.6. The van der Waals surface area contributed by atoms with Crippen LogP contribution in [0.2, 0.25) is 5.02 Å². The highest BCUT2D eigenvalue weighted by Gasteiger charge is 2.27. The Morgan fingerprint density at radius 3 is 2.45 bits per heavy atom. The number of amides is 2. The number of anilines is 1. The second-order valence-corrected chi connectivity index (χ2v) is 10.3. The number of piperazine rings is 1. The second kappa shape index (κ2) is 10.7. The average molecular weight is 474 g/mol. The minimum absolute atomic E-state index is 0.0214. The lowest BCUT2D eigenvalue weighted by Gasteiger charge is -2.38. The summed E-state index contributed by atoms with van der Waals surface area (Å²) in [7, 11) is 1.69. The number of benzene rings is 1. The van der Waals surface area contributed by atoms with E-state index in [0.29, 0.717) is 44.2 Å². The Kier molecular flexibility index (Phi) is 8.19. The van der Waals surface area contributed by atoms with Gasteiger partial charge in [-0.05, 0) is 38.5 Å². The molecule has 1 fully saturated rings. The fraction of sp³-hybridized carbons (Fsp3) is 0.560. The van der Waals surface area contributed by atoms with Crippen molar-refractivity contribution in [3.63, 3.8) is 0 Å². The van der Waals surface area contributed by atoms with Crippen LogP contribution in [-0.4, -0.2) is 59.7 Å². The highest BCUT2D eigenvalue weighted by molar-refractivity contribution is 6.30. The third kappa shape index (κ3) is 6.81. The van der Waals surface area contributed by atoms with Gasteiger partial charge in [-0.25, -0.2) is 14.8 Å². The van der Waals surface area contributed by atoms with Gasteiger partial charge in [0, 0.05) is 61.8 Å². The highest BCUT2D eigenvalue weighted by atomic mass is 35.5. The first-order chi connectivity index (χ1) is 15.6. The molecular formula is C25H36ClN5O2. The van der Waals surface area contributed by atoms with Gasteiger partial charge < -0.3 is 19.9 Å². The molecule has 7 nitrogen and oxygen atoms in total. The molecule has 1 aromatic carbocycles. The lowest BCUT2D eigenvalue weighted by atomic mass is 10.0. The summed E-state index contributed by atoms with van der Waals surface area (Å²) >= 11 is 6.25. The van der Waals surface area contributed by atoms with E-state index in [2.05, 4.69) is 30.1 Å². The summed E-state index contributed by atoms with van der Waals surface area (Å²) in [5, 5.41) is 3.77. The summed E-state index contributed by atoms with van der Waals surface area (Å²) in [6.45, 7) is 13.3. The number of urea groups is 1. The molecular weight excluding hydrogens is 438 g/mol. The van der Waals surface area contributed by atoms with E-state index in [1.807, 2.05) is 43.9 Å². The van der Waals surface area contributed by atoms with E-state index >= 15 is 0 Å². The van der Waals surface area contributed by atoms with Crippen molar-refractivity contribution in [1.82, 2.24) is 20.2 Å². The number of hydrogen-bond donors (Lipinski definition) is 1. The standard InChI is InChI=1S/C25H36ClN5O2/c1-17(2)22-27-21(16-33-6)20(15-18-8-7-9-19(26)14-18)23(28-22)30-10-12-31(13-11-30)24(32)29-25(3,4)5/h7-9,14,17H,10-13,15-16H2,1-6H3,(H,29,32). The molecule has 0 saturated carbocycles. The predicted molar refractivity (Wildman–Crippen MR) is 133 cm³/mol. The molecule has 3 rings (SSSR count). The van der Waals surface area contributed by atoms with Crippen molar-refractivity contribution in [3.8, 4) is 0 Å². The largest absolute Gasteiger partial charge is 0.378 e. The number of hydrogen-bond acceptors (Lipinski definition) is 5. The van der Waals surface area contributed by atoms with Gasteiger partial charge in [-0.2, -0.15) is 0 Å². The molecule has 1 saturated heterocycles. The van der Waals surface area contributed by atoms with E-state index in [0.717, 1.165) is 28.5 Å². The molecule has 1 aliphatic rings. The monoisotopic (exact) mass is 473 g/mol. The maximum Gasteiger partial charge on any atom is 0.317 e. The van der Waals surface area contributed by atoms with Crippen molar-refractivity contribution in [2.45, 2.75) is 59.1 Å². The van der Waals surface area contributed by atoms with Crippen LogP contribution in [0.4, 0.5) is 10.6 Å². The number of rotatable bonds is 6. The Labute approximate surface area is 202 Å². The van der Waals surface area contributed by atoms with E-state index < -0.39 is 0 Å². The van der Waals surface area contributed by atoms with Crippen LogP contribution in [0.5, 0.6) is 0 Å². The Bertz CT molecular complexity index is 966. The number of aromatic nitrogens is 2. The van der Waals surface area contributed by atoms with Gasteiger partial charge >= 0.3 is 6.03 Å². The van der Waals surface area contributed by atoms with Crippen LogP contribution in [0.25, 0.3) is 0 Å². The fourth-order valence-corrected chi connectivity index (χ4v) is 4.08. The molecule has 2 aromatic rings. The third-order valence-electron chi connectivity index (χ3n) is 5.50. The molecule has 0 spiro atoms. The Morgan fingerprint density at radius 2 is 1.88 bits per heavy atom. The number of nitrogens with one attached hydrogen (secondary N) is 1. The van der Waals surface area contributed by atoms with Gasteiger partial charge in [0.25, 0.3) is 0 Å². The summed E-state index contributed by atoms with van der Waals surface area (Å²) in [5.74, 6) is 1.93. The van der Waals surface area contributed by atoms with E-state index in [9.17, 15) is 4.79 Å². The van der Waals surface area contributed by atoms with Gasteiger partial charge in [-0.15, -0.1) is 0 Å². The van der Waals surface area contributed by atoms with Gasteiger partial charge in [0.05, 0.1) is 12.3 Å². The zero-order chi connectivity index (χ0) is 24.2. The zero-order valence-electron chi connectivity index (χ0n) is 20.6. The molecule has 0 atom stereocenters. The summed E-state index contributed by atoms with van der Waals surface area (Å²) < 4.78 is 5.51. The molecule has 1 aromatic heterocycles. The van der Waals surface area contributed by atoms with Crippen molar-refractivity contribution >= 4 is 23.4 Å². The number of halogens is 1. The molecule has 1 N–H and O–H groups in total. The van der Waals surface area contributed by atoms with E-state index in [4.69, 9.17) is 26.3 Å². The van der Waals surface area contributed by atoms with Crippen molar-refractivity contribution in [2.75, 3.05) is 38.2 Å². The minimum atomic E-state index is -0.258. The lowest BCUT2D eigenvalue weighted by molar-refractivity contribution is 0.180. The zero-order valence-corrected chi connectivity index (χ0v) is 21.4. The van der Waals surface area contributed by atoms with Crippen molar-refractivity contribution in [2.24, 2.45) is 0 Å². The number of nitrogens with zero attached hydrogens (tertiary/aromatic N) is 4. The first-order valence-electron chi connectivity index (χ1n) is 11.5. The molecule has 2 heterocycles. The first-order valence-corrected chi connectivity index (χ1v) is 11.9. The molecule has 1 aliphatic heterocycles. The van der Waals surface area contributed by atoms with Crippen LogP contribution in [0.3, 0.4) is 0 Å². The molecule has 0 unspecified atom stereocenters. The predicted octanol–water partition coefficient (Wildman–Crippen LogP) is 4.62. The van der Waals surface area contributed by atoms with E-state index in [1.165, 1.54) is 0 Å². The molecule has 0 bridgehead atoms. The van der Waals surface area contributed by atoms with Crippen LogP contribution in [0.15, 0.2) is 24.3 Å². The maximum absolute atomic E-state index is 12.6. The van der Waals surface area contributed by atoms with Gasteiger partial charge in [-0.1, -0.05) is 37.6 Å². The smallest absolute Gasteiger partial charge is 0.317 e. The molecule has 0 aliphatic carbocycles. The summed E-state index contributed by atoms with van der Waals surface area (Å²) in [4.78, 5) is 26.6. The lowest BCUT2D eigenvalue weighted by Crippen LogP contribution is -2.55. The Morgan fingerprint density at radius 1 is 1.18 bits per heavy atom. The quantitative estimate of drug-likeness (QED) is 0.662. The average Bonchev–Trinajstić information content (AvgIpc) is 2.74. The first kappa shape index (κ1) is 25.2. The van der Waals surface area contributed by atoms with Crippen LogP contribution in [0.1, 0.15) is 63.2 Å². The molecule has 8 heteroatoms. The van der Waals surface area contributed by atoms with E-state index in [-0.39, 0.29) is 17.5 Å². The summed E-state index contributed by atoms with van der Waals surface area (Å²) in [6, 6.07) is 7.86. The normalized spacial score (nSPS) is 14.7. The van der Waals surface area contributed by atoms with Crippen LogP contribution >= 0.6 is 11.6 Å². The van der Waals surface area contributed by atoms with Crippen LogP contribution < -0.4 is 10.2 Å². The number of carbonyl (C=O) groups is 1. The third-order valence-corrected chi connectivity index (χ3v) is 5.74. The fourth-order valence-electron chi connectivity index (χ4n) is 3.87. The highest BCUT2D eigenvalue weighted by Crippen LogP contribution is 2.28. The van der Waals surface area contributed by atoms with Crippen molar-refractivity contribution in [1.29, 1.82) is 0 Å². The summed E-state index contributed by atoms with van der Waals surface area (Å²) in [6.07, 6.45) is 0.664. The molecule has 2 amide bonds. The van der Waals surface area contributed by atoms with Gasteiger partial charge in [0.1, 0.15) is 11.6 Å². The number of ether oxygens (including phenoxy) is 1. The summed E-state index contributed by atoms with van der Waals surface area (Å²) in [5.41, 5.74) is 2.80. The number of carbonyl (C=O) groups excluding carboxylic acids is 1. The second-order valence-electron chi connectivity index (χ2n) is 9.88. The molecule has 33 heavy (non-hydrogen) atoms. The van der Waals surface area contributed by atoms with Crippen molar-refractivity contribution in [3.05, 3.63) is 51.9 Å².